The first kappa shape index (κ1) is 13.9. The predicted molar refractivity (Wildman–Crippen MR) is 70.9 cm³/mol. The molecule has 0 amide bonds. The summed E-state index contributed by atoms with van der Waals surface area (Å²) in [4.78, 5) is 5.02. The van der Waals surface area contributed by atoms with E-state index < -0.39 is 0 Å². The van der Waals surface area contributed by atoms with E-state index in [0.29, 0.717) is 12.1 Å². The molecular weight excluding hydrogens is 198 g/mol. The van der Waals surface area contributed by atoms with Crippen LogP contribution >= 0.6 is 0 Å². The van der Waals surface area contributed by atoms with Crippen LogP contribution in [0.15, 0.2) is 0 Å². The average molecular weight is 227 g/mol. The second-order valence-electron chi connectivity index (χ2n) is 5.47. The summed E-state index contributed by atoms with van der Waals surface area (Å²) in [7, 11) is 6.57. The molecule has 0 bridgehead atoms. The number of nitrogens with one attached hydrogen (secondary N) is 1. The van der Waals surface area contributed by atoms with Crippen LogP contribution in [-0.2, 0) is 0 Å². The van der Waals surface area contributed by atoms with Gasteiger partial charge in [-0.1, -0.05) is 0 Å². The molecule has 0 spiro atoms. The zero-order chi connectivity index (χ0) is 12.1. The van der Waals surface area contributed by atoms with E-state index in [2.05, 4.69) is 43.1 Å². The van der Waals surface area contributed by atoms with Gasteiger partial charge in [0, 0.05) is 18.1 Å². The highest BCUT2D eigenvalue weighted by Gasteiger charge is 2.24. The third-order valence-electron chi connectivity index (χ3n) is 4.15. The molecule has 96 valence electrons. The van der Waals surface area contributed by atoms with E-state index in [1.807, 2.05) is 7.05 Å². The van der Waals surface area contributed by atoms with Gasteiger partial charge in [-0.3, -0.25) is 0 Å². The summed E-state index contributed by atoms with van der Waals surface area (Å²) in [5.41, 5.74) is 0. The van der Waals surface area contributed by atoms with Gasteiger partial charge in [0.25, 0.3) is 0 Å². The van der Waals surface area contributed by atoms with Gasteiger partial charge in [0.15, 0.2) is 0 Å². The van der Waals surface area contributed by atoms with Crippen molar-refractivity contribution >= 4 is 0 Å². The number of hydrogen-bond donors (Lipinski definition) is 1. The molecule has 3 heteroatoms. The Morgan fingerprint density at radius 3 is 2.38 bits per heavy atom. The van der Waals surface area contributed by atoms with Crippen LogP contribution in [0, 0.1) is 0 Å². The predicted octanol–water partition coefficient (Wildman–Crippen LogP) is 1.40. The third kappa shape index (κ3) is 4.04. The molecule has 2 unspecified atom stereocenters. The zero-order valence-corrected chi connectivity index (χ0v) is 11.7. The quantitative estimate of drug-likeness (QED) is 0.766. The lowest BCUT2D eigenvalue weighted by Crippen LogP contribution is -2.46. The normalized spacial score (nSPS) is 23.6. The summed E-state index contributed by atoms with van der Waals surface area (Å²) in [6.45, 7) is 7.12. The minimum Gasteiger partial charge on any atom is -0.317 e. The Labute approximate surface area is 101 Å². The van der Waals surface area contributed by atoms with E-state index in [1.165, 1.54) is 32.4 Å². The molecule has 0 radical (unpaired) electrons. The van der Waals surface area contributed by atoms with Gasteiger partial charge in [-0.15, -0.1) is 0 Å². The van der Waals surface area contributed by atoms with Crippen LogP contribution in [0.2, 0.25) is 0 Å². The van der Waals surface area contributed by atoms with Crippen molar-refractivity contribution in [1.82, 2.24) is 15.1 Å². The fourth-order valence-corrected chi connectivity index (χ4v) is 2.56. The second-order valence-corrected chi connectivity index (χ2v) is 5.47. The van der Waals surface area contributed by atoms with Crippen molar-refractivity contribution in [1.29, 1.82) is 0 Å². The monoisotopic (exact) mass is 227 g/mol. The van der Waals surface area contributed by atoms with Crippen LogP contribution in [0.3, 0.4) is 0 Å². The maximum absolute atomic E-state index is 3.33. The molecule has 0 saturated carbocycles. The lowest BCUT2D eigenvalue weighted by atomic mass is 10.0. The molecule has 2 atom stereocenters. The van der Waals surface area contributed by atoms with Gasteiger partial charge in [0.2, 0.25) is 0 Å². The summed E-state index contributed by atoms with van der Waals surface area (Å²) < 4.78 is 0. The maximum Gasteiger partial charge on any atom is 0.0119 e. The number of nitrogens with zero attached hydrogens (tertiary/aromatic N) is 2. The molecule has 1 rings (SSSR count). The number of likely N-dealkylation sites (tertiary alicyclic amines) is 1. The smallest absolute Gasteiger partial charge is 0.0119 e. The number of piperidine rings is 1. The summed E-state index contributed by atoms with van der Waals surface area (Å²) in [5.74, 6) is 0. The SMILES string of the molecule is CNC(C)CC(C)N(C)C1CCN(C)CC1. The Kier molecular flexibility index (Phi) is 5.73. The summed E-state index contributed by atoms with van der Waals surface area (Å²) in [5, 5.41) is 3.33. The van der Waals surface area contributed by atoms with Crippen LogP contribution in [0.4, 0.5) is 0 Å². The molecule has 3 nitrogen and oxygen atoms in total. The van der Waals surface area contributed by atoms with E-state index in [1.54, 1.807) is 0 Å². The van der Waals surface area contributed by atoms with Crippen molar-refractivity contribution in [3.8, 4) is 0 Å². The Morgan fingerprint density at radius 1 is 1.31 bits per heavy atom. The molecule has 0 aromatic heterocycles. The fraction of sp³-hybridized carbons (Fsp3) is 1.00. The molecular formula is C13H29N3. The summed E-state index contributed by atoms with van der Waals surface area (Å²) in [6, 6.07) is 2.08. The minimum atomic E-state index is 0.615. The van der Waals surface area contributed by atoms with E-state index in [9.17, 15) is 0 Å². The molecule has 0 aromatic carbocycles. The van der Waals surface area contributed by atoms with E-state index in [0.717, 1.165) is 6.04 Å². The van der Waals surface area contributed by atoms with Gasteiger partial charge < -0.3 is 15.1 Å². The maximum atomic E-state index is 3.33. The van der Waals surface area contributed by atoms with Crippen LogP contribution in [0.25, 0.3) is 0 Å². The molecule has 1 aliphatic rings. The largest absolute Gasteiger partial charge is 0.317 e. The van der Waals surface area contributed by atoms with E-state index in [4.69, 9.17) is 0 Å². The second kappa shape index (κ2) is 6.58. The molecule has 1 saturated heterocycles. The third-order valence-corrected chi connectivity index (χ3v) is 4.15. The number of hydrogen-bond acceptors (Lipinski definition) is 3. The zero-order valence-electron chi connectivity index (χ0n) is 11.7. The molecule has 1 aliphatic heterocycles. The van der Waals surface area contributed by atoms with E-state index in [-0.39, 0.29) is 0 Å². The topological polar surface area (TPSA) is 18.5 Å². The lowest BCUT2D eigenvalue weighted by molar-refractivity contribution is 0.106. The van der Waals surface area contributed by atoms with Crippen LogP contribution in [-0.4, -0.2) is 62.2 Å². The van der Waals surface area contributed by atoms with Gasteiger partial charge in [0.1, 0.15) is 0 Å². The van der Waals surface area contributed by atoms with Crippen molar-refractivity contribution in [2.75, 3.05) is 34.2 Å². The van der Waals surface area contributed by atoms with Gasteiger partial charge in [-0.25, -0.2) is 0 Å². The van der Waals surface area contributed by atoms with Gasteiger partial charge in [0.05, 0.1) is 0 Å². The first-order valence-corrected chi connectivity index (χ1v) is 6.62. The molecule has 1 heterocycles. The minimum absolute atomic E-state index is 0.615. The Morgan fingerprint density at radius 2 is 1.88 bits per heavy atom. The fourth-order valence-electron chi connectivity index (χ4n) is 2.56. The highest BCUT2D eigenvalue weighted by Crippen LogP contribution is 2.18. The van der Waals surface area contributed by atoms with Crippen molar-refractivity contribution in [2.45, 2.75) is 51.2 Å². The molecule has 0 aliphatic carbocycles. The van der Waals surface area contributed by atoms with Gasteiger partial charge >= 0.3 is 0 Å². The average Bonchev–Trinajstić information content (AvgIpc) is 2.28. The summed E-state index contributed by atoms with van der Waals surface area (Å²) >= 11 is 0. The van der Waals surface area contributed by atoms with Crippen molar-refractivity contribution in [2.24, 2.45) is 0 Å². The highest BCUT2D eigenvalue weighted by molar-refractivity contribution is 4.81. The first-order valence-electron chi connectivity index (χ1n) is 6.62. The molecule has 1 N–H and O–H groups in total. The molecule has 0 aromatic rings. The molecule has 1 fully saturated rings. The van der Waals surface area contributed by atoms with Crippen LogP contribution in [0.1, 0.15) is 33.1 Å². The van der Waals surface area contributed by atoms with Crippen LogP contribution < -0.4 is 5.32 Å². The van der Waals surface area contributed by atoms with Crippen LogP contribution in [0.5, 0.6) is 0 Å². The van der Waals surface area contributed by atoms with Crippen molar-refractivity contribution in [3.05, 3.63) is 0 Å². The van der Waals surface area contributed by atoms with Crippen molar-refractivity contribution in [3.63, 3.8) is 0 Å². The lowest BCUT2D eigenvalue weighted by Gasteiger charge is -2.39. The van der Waals surface area contributed by atoms with Gasteiger partial charge in [-0.2, -0.15) is 0 Å². The highest BCUT2D eigenvalue weighted by atomic mass is 15.2. The summed E-state index contributed by atoms with van der Waals surface area (Å²) in [6.07, 6.45) is 3.88. The molecule has 16 heavy (non-hydrogen) atoms. The standard InChI is InChI=1S/C13H29N3/c1-11(14-3)10-12(2)16(5)13-6-8-15(4)9-7-13/h11-14H,6-10H2,1-5H3. The Hall–Kier alpha value is -0.120. The number of rotatable bonds is 5. The Balaban J connectivity index is 2.35. The first-order chi connectivity index (χ1) is 7.54. The Bertz CT molecular complexity index is 188. The van der Waals surface area contributed by atoms with Gasteiger partial charge in [-0.05, 0) is 67.3 Å². The van der Waals surface area contributed by atoms with Crippen molar-refractivity contribution < 1.29 is 0 Å². The van der Waals surface area contributed by atoms with E-state index >= 15 is 0 Å².